The van der Waals surface area contributed by atoms with Crippen molar-refractivity contribution in [3.8, 4) is 5.75 Å². The third-order valence-corrected chi connectivity index (χ3v) is 5.54. The zero-order valence-corrected chi connectivity index (χ0v) is 20.5. The van der Waals surface area contributed by atoms with E-state index >= 15 is 0 Å². The van der Waals surface area contributed by atoms with Gasteiger partial charge in [0.1, 0.15) is 23.9 Å². The van der Waals surface area contributed by atoms with Crippen LogP contribution in [0.5, 0.6) is 5.75 Å². The summed E-state index contributed by atoms with van der Waals surface area (Å²) >= 11 is 0. The van der Waals surface area contributed by atoms with Gasteiger partial charge in [-0.2, -0.15) is 0 Å². The number of hydrogen-bond donors (Lipinski definition) is 6. The third-order valence-electron chi connectivity index (χ3n) is 5.54. The SMILES string of the molecule is CCC(C)C(NC(=O)C(CC(C)C)NC(=O)C(Cc1ccc(O)cc1)NC(=O)C(C)N)C(=O)O. The Balaban J connectivity index is 3.10. The minimum absolute atomic E-state index is 0.0251. The minimum atomic E-state index is -1.15. The first-order chi connectivity index (χ1) is 15.8. The number of carbonyl (C=O) groups is 4. The average Bonchev–Trinajstić information content (AvgIpc) is 2.76. The Morgan fingerprint density at radius 1 is 0.882 bits per heavy atom. The molecule has 0 saturated heterocycles. The maximum absolute atomic E-state index is 13.2. The highest BCUT2D eigenvalue weighted by Crippen LogP contribution is 2.13. The molecule has 10 nitrogen and oxygen atoms in total. The number of hydrogen-bond acceptors (Lipinski definition) is 6. The average molecular weight is 479 g/mol. The largest absolute Gasteiger partial charge is 0.508 e. The zero-order valence-electron chi connectivity index (χ0n) is 20.5. The maximum atomic E-state index is 13.2. The smallest absolute Gasteiger partial charge is 0.326 e. The van der Waals surface area contributed by atoms with E-state index in [4.69, 9.17) is 5.73 Å². The highest BCUT2D eigenvalue weighted by atomic mass is 16.4. The number of phenols is 1. The predicted octanol–water partition coefficient (Wildman–Crippen LogP) is 0.913. The molecule has 5 unspecified atom stereocenters. The summed E-state index contributed by atoms with van der Waals surface area (Å²) < 4.78 is 0. The van der Waals surface area contributed by atoms with Gasteiger partial charge in [-0.15, -0.1) is 0 Å². The molecular formula is C24H38N4O6. The second kappa shape index (κ2) is 13.5. The van der Waals surface area contributed by atoms with E-state index < -0.39 is 47.9 Å². The van der Waals surface area contributed by atoms with E-state index in [1.807, 2.05) is 20.8 Å². The molecule has 0 aliphatic rings. The number of aromatic hydroxyl groups is 1. The summed E-state index contributed by atoms with van der Waals surface area (Å²) in [7, 11) is 0. The summed E-state index contributed by atoms with van der Waals surface area (Å²) in [5.41, 5.74) is 6.32. The molecule has 0 bridgehead atoms. The van der Waals surface area contributed by atoms with Crippen LogP contribution >= 0.6 is 0 Å². The van der Waals surface area contributed by atoms with E-state index in [1.54, 1.807) is 19.1 Å². The highest BCUT2D eigenvalue weighted by molar-refractivity contribution is 5.94. The van der Waals surface area contributed by atoms with Crippen LogP contribution < -0.4 is 21.7 Å². The number of rotatable bonds is 13. The van der Waals surface area contributed by atoms with E-state index in [2.05, 4.69) is 16.0 Å². The van der Waals surface area contributed by atoms with E-state index in [0.29, 0.717) is 12.0 Å². The van der Waals surface area contributed by atoms with Gasteiger partial charge in [0.25, 0.3) is 0 Å². The standard InChI is InChI=1S/C24H38N4O6/c1-6-14(4)20(24(33)34)28-23(32)18(11-13(2)3)27-22(31)19(26-21(30)15(5)25)12-16-7-9-17(29)10-8-16/h7-10,13-15,18-20,29H,6,11-12,25H2,1-5H3,(H,26,30)(H,27,31)(H,28,32)(H,33,34). The van der Waals surface area contributed by atoms with Crippen molar-refractivity contribution in [3.63, 3.8) is 0 Å². The van der Waals surface area contributed by atoms with Crippen molar-refractivity contribution in [2.45, 2.75) is 78.0 Å². The lowest BCUT2D eigenvalue weighted by atomic mass is 9.97. The molecule has 7 N–H and O–H groups in total. The van der Waals surface area contributed by atoms with Gasteiger partial charge in [0.2, 0.25) is 17.7 Å². The molecule has 0 heterocycles. The van der Waals surface area contributed by atoms with E-state index in [9.17, 15) is 29.4 Å². The number of carbonyl (C=O) groups excluding carboxylic acids is 3. The number of phenolic OH excluding ortho intramolecular Hbond substituents is 1. The number of benzene rings is 1. The number of aliphatic carboxylic acids is 1. The molecular weight excluding hydrogens is 440 g/mol. The van der Waals surface area contributed by atoms with Crippen molar-refractivity contribution in [1.29, 1.82) is 0 Å². The molecule has 34 heavy (non-hydrogen) atoms. The summed E-state index contributed by atoms with van der Waals surface area (Å²) in [5, 5.41) is 26.8. The fourth-order valence-electron chi connectivity index (χ4n) is 3.29. The Kier molecular flexibility index (Phi) is 11.5. The lowest BCUT2D eigenvalue weighted by Crippen LogP contribution is -2.58. The molecule has 1 aromatic rings. The van der Waals surface area contributed by atoms with Crippen molar-refractivity contribution in [1.82, 2.24) is 16.0 Å². The molecule has 0 radical (unpaired) electrons. The number of carboxylic acid groups (broad SMARTS) is 1. The van der Waals surface area contributed by atoms with Crippen molar-refractivity contribution in [2.75, 3.05) is 0 Å². The Labute approximate surface area is 200 Å². The fraction of sp³-hybridized carbons (Fsp3) is 0.583. The highest BCUT2D eigenvalue weighted by Gasteiger charge is 2.32. The molecule has 3 amide bonds. The van der Waals surface area contributed by atoms with Gasteiger partial charge in [-0.05, 0) is 42.9 Å². The van der Waals surface area contributed by atoms with E-state index in [-0.39, 0.29) is 30.4 Å². The van der Waals surface area contributed by atoms with Crippen LogP contribution in [0.15, 0.2) is 24.3 Å². The minimum Gasteiger partial charge on any atom is -0.508 e. The number of carboxylic acids is 1. The Morgan fingerprint density at radius 3 is 1.88 bits per heavy atom. The van der Waals surface area contributed by atoms with E-state index in [1.165, 1.54) is 19.1 Å². The molecule has 5 atom stereocenters. The quantitative estimate of drug-likeness (QED) is 0.245. The number of nitrogens with one attached hydrogen (secondary N) is 3. The van der Waals surface area contributed by atoms with Gasteiger partial charge < -0.3 is 31.9 Å². The van der Waals surface area contributed by atoms with Crippen LogP contribution in [0.4, 0.5) is 0 Å². The first-order valence-electron chi connectivity index (χ1n) is 11.5. The summed E-state index contributed by atoms with van der Waals surface area (Å²) in [5.74, 6) is -3.10. The Hall–Kier alpha value is -3.14. The number of amides is 3. The molecule has 0 saturated carbocycles. The lowest BCUT2D eigenvalue weighted by Gasteiger charge is -2.27. The molecule has 0 fully saturated rings. The molecule has 190 valence electrons. The van der Waals surface area contributed by atoms with Gasteiger partial charge >= 0.3 is 5.97 Å². The second-order valence-corrected chi connectivity index (χ2v) is 9.12. The van der Waals surface area contributed by atoms with Gasteiger partial charge in [-0.3, -0.25) is 14.4 Å². The normalized spacial score (nSPS) is 15.5. The summed E-state index contributed by atoms with van der Waals surface area (Å²) in [6.45, 7) is 8.80. The molecule has 10 heteroatoms. The monoisotopic (exact) mass is 478 g/mol. The Bertz CT molecular complexity index is 840. The molecule has 0 spiro atoms. The first-order valence-corrected chi connectivity index (χ1v) is 11.5. The Morgan fingerprint density at radius 2 is 1.41 bits per heavy atom. The van der Waals surface area contributed by atoms with Crippen LogP contribution in [0.3, 0.4) is 0 Å². The first kappa shape index (κ1) is 28.9. The van der Waals surface area contributed by atoms with Gasteiger partial charge in [-0.1, -0.05) is 46.2 Å². The van der Waals surface area contributed by atoms with Crippen LogP contribution in [0.2, 0.25) is 0 Å². The maximum Gasteiger partial charge on any atom is 0.326 e. The van der Waals surface area contributed by atoms with Gasteiger partial charge in [0, 0.05) is 6.42 Å². The van der Waals surface area contributed by atoms with Crippen molar-refractivity contribution < 1.29 is 29.4 Å². The van der Waals surface area contributed by atoms with Crippen molar-refractivity contribution >= 4 is 23.7 Å². The summed E-state index contributed by atoms with van der Waals surface area (Å²) in [6.07, 6.45) is 0.930. The van der Waals surface area contributed by atoms with Crippen LogP contribution in [0.25, 0.3) is 0 Å². The third kappa shape index (κ3) is 9.38. The number of nitrogens with two attached hydrogens (primary N) is 1. The molecule has 1 rings (SSSR count). The molecule has 1 aromatic carbocycles. The molecule has 0 aromatic heterocycles. The molecule has 0 aliphatic carbocycles. The van der Waals surface area contributed by atoms with Crippen LogP contribution in [0, 0.1) is 11.8 Å². The van der Waals surface area contributed by atoms with Crippen LogP contribution in [0.1, 0.15) is 53.0 Å². The van der Waals surface area contributed by atoms with Gasteiger partial charge in [0.05, 0.1) is 6.04 Å². The predicted molar refractivity (Wildman–Crippen MR) is 128 cm³/mol. The molecule has 0 aliphatic heterocycles. The summed E-state index contributed by atoms with van der Waals surface area (Å²) in [4.78, 5) is 50.0. The van der Waals surface area contributed by atoms with Crippen LogP contribution in [-0.4, -0.2) is 58.1 Å². The van der Waals surface area contributed by atoms with Crippen LogP contribution in [-0.2, 0) is 25.6 Å². The van der Waals surface area contributed by atoms with Crippen molar-refractivity contribution in [3.05, 3.63) is 29.8 Å². The fourth-order valence-corrected chi connectivity index (χ4v) is 3.29. The van der Waals surface area contributed by atoms with Crippen molar-refractivity contribution in [2.24, 2.45) is 17.6 Å². The second-order valence-electron chi connectivity index (χ2n) is 9.12. The van der Waals surface area contributed by atoms with Gasteiger partial charge in [0.15, 0.2) is 0 Å². The van der Waals surface area contributed by atoms with E-state index in [0.717, 1.165) is 0 Å². The van der Waals surface area contributed by atoms with Gasteiger partial charge in [-0.25, -0.2) is 4.79 Å². The summed E-state index contributed by atoms with van der Waals surface area (Å²) in [6, 6.07) is 2.21. The lowest BCUT2D eigenvalue weighted by molar-refractivity contribution is -0.144. The topological polar surface area (TPSA) is 171 Å². The zero-order chi connectivity index (χ0) is 26.0.